The first-order valence-corrected chi connectivity index (χ1v) is 7.39. The molecule has 0 heterocycles. The number of hydrogen-bond donors (Lipinski definition) is 1. The van der Waals surface area contributed by atoms with Crippen LogP contribution in [0.3, 0.4) is 0 Å². The van der Waals surface area contributed by atoms with E-state index in [4.69, 9.17) is 5.26 Å². The van der Waals surface area contributed by atoms with Crippen LogP contribution in [0.2, 0.25) is 0 Å². The van der Waals surface area contributed by atoms with Crippen molar-refractivity contribution < 1.29 is 5.11 Å². The Hall–Kier alpha value is -0.550. The van der Waals surface area contributed by atoms with E-state index in [2.05, 4.69) is 6.07 Å². The molecule has 0 aliphatic heterocycles. The summed E-state index contributed by atoms with van der Waals surface area (Å²) in [5, 5.41) is 18.8. The molecule has 1 fully saturated rings. The molecular formula is C15H27NO. The highest BCUT2D eigenvalue weighted by molar-refractivity contribution is 4.76. The van der Waals surface area contributed by atoms with Gasteiger partial charge in [0.15, 0.2) is 0 Å². The first-order valence-electron chi connectivity index (χ1n) is 7.39. The second-order valence-corrected chi connectivity index (χ2v) is 5.43. The standard InChI is InChI=1S/C15H27NO/c16-13-9-11-14-10-7-5-3-1-2-4-6-8-12-15(14)17/h14-15,17H,1-12H2/t14-,15+/m0/s1. The zero-order chi connectivity index (χ0) is 12.3. The van der Waals surface area contributed by atoms with Gasteiger partial charge in [0.25, 0.3) is 0 Å². The van der Waals surface area contributed by atoms with Gasteiger partial charge in [-0.05, 0) is 25.2 Å². The van der Waals surface area contributed by atoms with Crippen molar-refractivity contribution in [2.75, 3.05) is 0 Å². The summed E-state index contributed by atoms with van der Waals surface area (Å²) in [4.78, 5) is 0. The van der Waals surface area contributed by atoms with Gasteiger partial charge in [0, 0.05) is 6.42 Å². The van der Waals surface area contributed by atoms with Crippen molar-refractivity contribution in [1.82, 2.24) is 0 Å². The van der Waals surface area contributed by atoms with Gasteiger partial charge in [0.05, 0.1) is 12.2 Å². The second-order valence-electron chi connectivity index (χ2n) is 5.43. The van der Waals surface area contributed by atoms with Gasteiger partial charge in [0.2, 0.25) is 0 Å². The molecule has 0 aromatic carbocycles. The molecule has 0 bridgehead atoms. The molecule has 2 atom stereocenters. The Balaban J connectivity index is 2.37. The van der Waals surface area contributed by atoms with Crippen LogP contribution in [0.1, 0.15) is 77.0 Å². The molecule has 1 aliphatic carbocycles. The normalized spacial score (nSPS) is 28.7. The van der Waals surface area contributed by atoms with Gasteiger partial charge >= 0.3 is 0 Å². The van der Waals surface area contributed by atoms with E-state index < -0.39 is 0 Å². The molecule has 0 saturated heterocycles. The van der Waals surface area contributed by atoms with E-state index in [1.807, 2.05) is 0 Å². The molecule has 0 aromatic heterocycles. The van der Waals surface area contributed by atoms with Crippen molar-refractivity contribution in [3.05, 3.63) is 0 Å². The van der Waals surface area contributed by atoms with Crippen molar-refractivity contribution in [2.45, 2.75) is 83.2 Å². The van der Waals surface area contributed by atoms with Crippen molar-refractivity contribution >= 4 is 0 Å². The molecule has 2 nitrogen and oxygen atoms in total. The summed E-state index contributed by atoms with van der Waals surface area (Å²) in [6.45, 7) is 0. The maximum absolute atomic E-state index is 10.2. The molecule has 1 rings (SSSR count). The fourth-order valence-corrected chi connectivity index (χ4v) is 2.84. The predicted octanol–water partition coefficient (Wildman–Crippen LogP) is 4.18. The van der Waals surface area contributed by atoms with Crippen LogP contribution < -0.4 is 0 Å². The average molecular weight is 237 g/mol. The molecule has 1 saturated carbocycles. The second kappa shape index (κ2) is 9.48. The summed E-state index contributed by atoms with van der Waals surface area (Å²) < 4.78 is 0. The first kappa shape index (κ1) is 14.5. The smallest absolute Gasteiger partial charge is 0.0621 e. The molecule has 0 amide bonds. The molecule has 0 spiro atoms. The first-order chi connectivity index (χ1) is 8.34. The van der Waals surface area contributed by atoms with E-state index in [1.54, 1.807) is 0 Å². The van der Waals surface area contributed by atoms with Crippen LogP contribution in [0.15, 0.2) is 0 Å². The molecule has 0 radical (unpaired) electrons. The number of hydrogen-bond acceptors (Lipinski definition) is 2. The molecule has 17 heavy (non-hydrogen) atoms. The fraction of sp³-hybridized carbons (Fsp3) is 0.933. The van der Waals surface area contributed by atoms with Crippen LogP contribution >= 0.6 is 0 Å². The Labute approximate surface area is 106 Å². The third-order valence-electron chi connectivity index (χ3n) is 4.00. The summed E-state index contributed by atoms with van der Waals surface area (Å²) >= 11 is 0. The Morgan fingerprint density at radius 2 is 1.41 bits per heavy atom. The van der Waals surface area contributed by atoms with Gasteiger partial charge in [-0.1, -0.05) is 51.4 Å². The lowest BCUT2D eigenvalue weighted by Gasteiger charge is -2.22. The number of aliphatic hydroxyl groups excluding tert-OH is 1. The third-order valence-corrected chi connectivity index (χ3v) is 4.00. The molecule has 1 aliphatic rings. The quantitative estimate of drug-likeness (QED) is 0.783. The number of rotatable bonds is 2. The average Bonchev–Trinajstić information content (AvgIpc) is 2.33. The van der Waals surface area contributed by atoms with Crippen molar-refractivity contribution in [3.8, 4) is 6.07 Å². The van der Waals surface area contributed by atoms with Crippen LogP contribution in [0.4, 0.5) is 0 Å². The maximum Gasteiger partial charge on any atom is 0.0621 e. The minimum Gasteiger partial charge on any atom is -0.393 e. The van der Waals surface area contributed by atoms with Crippen molar-refractivity contribution in [1.29, 1.82) is 5.26 Å². The molecular weight excluding hydrogens is 210 g/mol. The fourth-order valence-electron chi connectivity index (χ4n) is 2.84. The summed E-state index contributed by atoms with van der Waals surface area (Å²) in [5.41, 5.74) is 0. The highest BCUT2D eigenvalue weighted by Gasteiger charge is 2.18. The molecule has 98 valence electrons. The minimum absolute atomic E-state index is 0.164. The van der Waals surface area contributed by atoms with Crippen LogP contribution in [0, 0.1) is 17.2 Å². The summed E-state index contributed by atoms with van der Waals surface area (Å²) in [5.74, 6) is 0.370. The van der Waals surface area contributed by atoms with Gasteiger partial charge in [0.1, 0.15) is 0 Å². The lowest BCUT2D eigenvalue weighted by Crippen LogP contribution is -2.20. The predicted molar refractivity (Wildman–Crippen MR) is 70.5 cm³/mol. The Kier molecular flexibility index (Phi) is 8.09. The van der Waals surface area contributed by atoms with E-state index in [-0.39, 0.29) is 6.10 Å². The van der Waals surface area contributed by atoms with Gasteiger partial charge in [-0.25, -0.2) is 0 Å². The van der Waals surface area contributed by atoms with Gasteiger partial charge in [-0.15, -0.1) is 0 Å². The summed E-state index contributed by atoms with van der Waals surface area (Å²) in [6, 6.07) is 2.21. The lowest BCUT2D eigenvalue weighted by molar-refractivity contribution is 0.0848. The summed E-state index contributed by atoms with van der Waals surface area (Å²) in [6.07, 6.45) is 13.8. The van der Waals surface area contributed by atoms with Crippen LogP contribution in [-0.2, 0) is 0 Å². The zero-order valence-electron chi connectivity index (χ0n) is 11.0. The van der Waals surface area contributed by atoms with Gasteiger partial charge < -0.3 is 5.11 Å². The molecule has 1 N–H and O–H groups in total. The molecule has 2 heteroatoms. The monoisotopic (exact) mass is 237 g/mol. The number of nitrogens with zero attached hydrogens (tertiary/aromatic N) is 1. The largest absolute Gasteiger partial charge is 0.393 e. The SMILES string of the molecule is N#CCC[C@@H]1CCCCCCCCCC[C@H]1O. The Morgan fingerprint density at radius 1 is 0.882 bits per heavy atom. The minimum atomic E-state index is -0.164. The third kappa shape index (κ3) is 6.68. The number of nitriles is 1. The maximum atomic E-state index is 10.2. The number of aliphatic hydroxyl groups is 1. The van der Waals surface area contributed by atoms with Crippen molar-refractivity contribution in [3.63, 3.8) is 0 Å². The Morgan fingerprint density at radius 3 is 2.00 bits per heavy atom. The topological polar surface area (TPSA) is 44.0 Å². The highest BCUT2D eigenvalue weighted by atomic mass is 16.3. The van der Waals surface area contributed by atoms with E-state index in [1.165, 1.54) is 44.9 Å². The van der Waals surface area contributed by atoms with E-state index in [9.17, 15) is 5.11 Å². The molecule has 0 unspecified atom stereocenters. The van der Waals surface area contributed by atoms with E-state index in [0.29, 0.717) is 12.3 Å². The van der Waals surface area contributed by atoms with Crippen LogP contribution in [0.25, 0.3) is 0 Å². The molecule has 0 aromatic rings. The van der Waals surface area contributed by atoms with Gasteiger partial charge in [-0.2, -0.15) is 5.26 Å². The highest BCUT2D eigenvalue weighted by Crippen LogP contribution is 2.24. The van der Waals surface area contributed by atoms with E-state index in [0.717, 1.165) is 25.7 Å². The Bertz CT molecular complexity index is 221. The van der Waals surface area contributed by atoms with E-state index >= 15 is 0 Å². The van der Waals surface area contributed by atoms with Crippen LogP contribution in [0.5, 0.6) is 0 Å². The zero-order valence-corrected chi connectivity index (χ0v) is 11.0. The van der Waals surface area contributed by atoms with Crippen molar-refractivity contribution in [2.24, 2.45) is 5.92 Å². The summed E-state index contributed by atoms with van der Waals surface area (Å²) in [7, 11) is 0. The lowest BCUT2D eigenvalue weighted by atomic mass is 9.87. The van der Waals surface area contributed by atoms with Gasteiger partial charge in [-0.3, -0.25) is 0 Å². The van der Waals surface area contributed by atoms with Crippen LogP contribution in [-0.4, -0.2) is 11.2 Å².